The highest BCUT2D eigenvalue weighted by Crippen LogP contribution is 2.33. The Morgan fingerprint density at radius 2 is 1.90 bits per heavy atom. The summed E-state index contributed by atoms with van der Waals surface area (Å²) in [6.45, 7) is 4.25. The zero-order valence-corrected chi connectivity index (χ0v) is 12.4. The predicted molar refractivity (Wildman–Crippen MR) is 83.6 cm³/mol. The Morgan fingerprint density at radius 3 is 2.57 bits per heavy atom. The van der Waals surface area contributed by atoms with Crippen molar-refractivity contribution in [3.05, 3.63) is 36.4 Å². The first-order valence-electron chi connectivity index (χ1n) is 7.70. The lowest BCUT2D eigenvalue weighted by molar-refractivity contribution is 0.220. The second kappa shape index (κ2) is 6.20. The van der Waals surface area contributed by atoms with Gasteiger partial charge < -0.3 is 15.0 Å². The van der Waals surface area contributed by atoms with Crippen molar-refractivity contribution in [2.45, 2.75) is 19.8 Å². The second-order valence-corrected chi connectivity index (χ2v) is 5.73. The number of para-hydroxylation sites is 2. The summed E-state index contributed by atoms with van der Waals surface area (Å²) in [5.74, 6) is 1.98. The molecule has 0 bridgehead atoms. The molecule has 1 heterocycles. The second-order valence-electron chi connectivity index (χ2n) is 5.73. The minimum atomic E-state index is -0.0171. The molecule has 4 heteroatoms. The number of ether oxygens (including phenoxy) is 1. The Labute approximate surface area is 125 Å². The van der Waals surface area contributed by atoms with E-state index in [1.165, 1.54) is 0 Å². The van der Waals surface area contributed by atoms with Crippen LogP contribution in [0.15, 0.2) is 36.4 Å². The average Bonchev–Trinajstić information content (AvgIpc) is 2.93. The van der Waals surface area contributed by atoms with Crippen molar-refractivity contribution in [3.63, 3.8) is 0 Å². The monoisotopic (exact) mass is 286 g/mol. The topological polar surface area (TPSA) is 41.6 Å². The number of fused-ring (bicyclic) bond motifs is 1. The number of nitrogens with zero attached hydrogens (tertiary/aromatic N) is 1. The largest absolute Gasteiger partial charge is 0.492 e. The van der Waals surface area contributed by atoms with Gasteiger partial charge in [0.25, 0.3) is 0 Å². The van der Waals surface area contributed by atoms with E-state index in [4.69, 9.17) is 4.74 Å². The number of anilines is 1. The average molecular weight is 286 g/mol. The summed E-state index contributed by atoms with van der Waals surface area (Å²) >= 11 is 0. The molecule has 1 N–H and O–H groups in total. The molecule has 3 rings (SSSR count). The van der Waals surface area contributed by atoms with Crippen LogP contribution in [0.5, 0.6) is 5.75 Å². The molecule has 0 radical (unpaired) electrons. The molecule has 112 valence electrons. The number of carbonyl (C=O) groups excluding carboxylic acids is 1. The van der Waals surface area contributed by atoms with Crippen LogP contribution in [-0.2, 0) is 0 Å². The summed E-state index contributed by atoms with van der Waals surface area (Å²) in [6.07, 6.45) is 6.69. The van der Waals surface area contributed by atoms with Crippen molar-refractivity contribution in [2.24, 2.45) is 11.8 Å². The molecule has 1 aliphatic carbocycles. The lowest BCUT2D eigenvalue weighted by Gasteiger charge is -2.18. The molecule has 1 aromatic rings. The van der Waals surface area contributed by atoms with Gasteiger partial charge in [-0.15, -0.1) is 0 Å². The maximum Gasteiger partial charge on any atom is 0.321 e. The van der Waals surface area contributed by atoms with Crippen LogP contribution in [0.4, 0.5) is 10.5 Å². The van der Waals surface area contributed by atoms with E-state index < -0.39 is 0 Å². The van der Waals surface area contributed by atoms with E-state index in [0.717, 1.165) is 37.4 Å². The summed E-state index contributed by atoms with van der Waals surface area (Å²) in [6, 6.07) is 7.57. The third kappa shape index (κ3) is 3.04. The van der Waals surface area contributed by atoms with E-state index in [0.29, 0.717) is 18.4 Å². The summed E-state index contributed by atoms with van der Waals surface area (Å²) in [7, 11) is 0. The van der Waals surface area contributed by atoms with Gasteiger partial charge in [0.2, 0.25) is 0 Å². The SMILES string of the molecule is CCOc1ccccc1NC(=O)N1CC2CC=CCC2C1. The third-order valence-corrected chi connectivity index (χ3v) is 4.34. The van der Waals surface area contributed by atoms with Crippen molar-refractivity contribution in [3.8, 4) is 5.75 Å². The molecule has 0 aromatic heterocycles. The number of allylic oxidation sites excluding steroid dienone is 2. The fourth-order valence-electron chi connectivity index (χ4n) is 3.23. The molecule has 1 aromatic carbocycles. The van der Waals surface area contributed by atoms with Crippen LogP contribution in [0.1, 0.15) is 19.8 Å². The van der Waals surface area contributed by atoms with Crippen LogP contribution < -0.4 is 10.1 Å². The van der Waals surface area contributed by atoms with Crippen LogP contribution in [0.3, 0.4) is 0 Å². The molecule has 1 saturated heterocycles. The molecule has 4 nitrogen and oxygen atoms in total. The van der Waals surface area contributed by atoms with Crippen LogP contribution in [0.25, 0.3) is 0 Å². The van der Waals surface area contributed by atoms with Crippen LogP contribution >= 0.6 is 0 Å². The first-order chi connectivity index (χ1) is 10.3. The van der Waals surface area contributed by atoms with Gasteiger partial charge >= 0.3 is 6.03 Å². The zero-order valence-electron chi connectivity index (χ0n) is 12.4. The third-order valence-electron chi connectivity index (χ3n) is 4.34. The van der Waals surface area contributed by atoms with Gasteiger partial charge in [-0.1, -0.05) is 24.3 Å². The van der Waals surface area contributed by atoms with E-state index in [1.54, 1.807) is 0 Å². The maximum absolute atomic E-state index is 12.5. The number of likely N-dealkylation sites (tertiary alicyclic amines) is 1. The molecule has 2 amide bonds. The maximum atomic E-state index is 12.5. The minimum absolute atomic E-state index is 0.0171. The summed E-state index contributed by atoms with van der Waals surface area (Å²) in [4.78, 5) is 14.4. The summed E-state index contributed by atoms with van der Waals surface area (Å²) in [5.41, 5.74) is 0.748. The van der Waals surface area contributed by atoms with Gasteiger partial charge in [-0.25, -0.2) is 4.79 Å². The van der Waals surface area contributed by atoms with Crippen molar-refractivity contribution >= 4 is 11.7 Å². The van der Waals surface area contributed by atoms with E-state index >= 15 is 0 Å². The zero-order chi connectivity index (χ0) is 14.7. The quantitative estimate of drug-likeness (QED) is 0.864. The fraction of sp³-hybridized carbons (Fsp3) is 0.471. The first kappa shape index (κ1) is 14.0. The molecule has 1 aliphatic heterocycles. The van der Waals surface area contributed by atoms with Gasteiger partial charge in [-0.3, -0.25) is 0 Å². The normalized spacial score (nSPS) is 23.8. The van der Waals surface area contributed by atoms with E-state index in [9.17, 15) is 4.79 Å². The number of carbonyl (C=O) groups is 1. The Morgan fingerprint density at radius 1 is 1.24 bits per heavy atom. The molecule has 21 heavy (non-hydrogen) atoms. The number of hydrogen-bond acceptors (Lipinski definition) is 2. The highest BCUT2D eigenvalue weighted by Gasteiger charge is 2.35. The number of rotatable bonds is 3. The van der Waals surface area contributed by atoms with Crippen LogP contribution in [-0.4, -0.2) is 30.6 Å². The van der Waals surface area contributed by atoms with Crippen molar-refractivity contribution < 1.29 is 9.53 Å². The van der Waals surface area contributed by atoms with Gasteiger partial charge in [-0.2, -0.15) is 0 Å². The number of benzene rings is 1. The van der Waals surface area contributed by atoms with Crippen molar-refractivity contribution in [2.75, 3.05) is 25.0 Å². The number of nitrogens with one attached hydrogen (secondary N) is 1. The lowest BCUT2D eigenvalue weighted by atomic mass is 9.86. The first-order valence-corrected chi connectivity index (χ1v) is 7.70. The van der Waals surface area contributed by atoms with Crippen molar-refractivity contribution in [1.82, 2.24) is 4.90 Å². The molecule has 2 aliphatic rings. The van der Waals surface area contributed by atoms with Gasteiger partial charge in [0, 0.05) is 13.1 Å². The fourth-order valence-corrected chi connectivity index (χ4v) is 3.23. The Balaban J connectivity index is 1.65. The van der Waals surface area contributed by atoms with Gasteiger partial charge in [-0.05, 0) is 43.7 Å². The lowest BCUT2D eigenvalue weighted by Crippen LogP contribution is -2.33. The van der Waals surface area contributed by atoms with Gasteiger partial charge in [0.15, 0.2) is 0 Å². The number of hydrogen-bond donors (Lipinski definition) is 1. The standard InChI is InChI=1S/C17H22N2O2/c1-2-21-16-10-6-5-9-15(16)18-17(20)19-11-13-7-3-4-8-14(13)12-19/h3-6,9-10,13-14H,2,7-8,11-12H2,1H3,(H,18,20). The molecule has 2 atom stereocenters. The Kier molecular flexibility index (Phi) is 4.13. The highest BCUT2D eigenvalue weighted by atomic mass is 16.5. The molecule has 0 spiro atoms. The van der Waals surface area contributed by atoms with E-state index in [2.05, 4.69) is 17.5 Å². The number of amides is 2. The number of urea groups is 1. The molecular formula is C17H22N2O2. The smallest absolute Gasteiger partial charge is 0.321 e. The summed E-state index contributed by atoms with van der Waals surface area (Å²) in [5, 5.41) is 2.99. The molecule has 1 fully saturated rings. The molecule has 0 saturated carbocycles. The van der Waals surface area contributed by atoms with Gasteiger partial charge in [0.1, 0.15) is 5.75 Å². The Bertz CT molecular complexity index is 525. The molecular weight excluding hydrogens is 264 g/mol. The Hall–Kier alpha value is -1.97. The minimum Gasteiger partial charge on any atom is -0.492 e. The van der Waals surface area contributed by atoms with Crippen LogP contribution in [0.2, 0.25) is 0 Å². The van der Waals surface area contributed by atoms with Gasteiger partial charge in [0.05, 0.1) is 12.3 Å². The van der Waals surface area contributed by atoms with E-state index in [-0.39, 0.29) is 6.03 Å². The molecule has 2 unspecified atom stereocenters. The predicted octanol–water partition coefficient (Wildman–Crippen LogP) is 3.52. The van der Waals surface area contributed by atoms with Crippen LogP contribution in [0, 0.1) is 11.8 Å². The highest BCUT2D eigenvalue weighted by molar-refractivity contribution is 5.91. The van der Waals surface area contributed by atoms with E-state index in [1.807, 2.05) is 36.1 Å². The van der Waals surface area contributed by atoms with Crippen molar-refractivity contribution in [1.29, 1.82) is 0 Å². The summed E-state index contributed by atoms with van der Waals surface area (Å²) < 4.78 is 5.55.